The van der Waals surface area contributed by atoms with E-state index in [-0.39, 0.29) is 23.4 Å². The van der Waals surface area contributed by atoms with Gasteiger partial charge < -0.3 is 10.2 Å². The molecule has 0 aliphatic rings. The number of aryl methyl sites for hydroxylation is 3. The van der Waals surface area contributed by atoms with Gasteiger partial charge in [0.15, 0.2) is 0 Å². The summed E-state index contributed by atoms with van der Waals surface area (Å²) in [6, 6.07) is 20.2. The number of rotatable bonds is 11. The van der Waals surface area contributed by atoms with Crippen LogP contribution in [0.4, 0.5) is 5.69 Å². The third-order valence-corrected chi connectivity index (χ3v) is 8.95. The lowest BCUT2D eigenvalue weighted by Gasteiger charge is -2.33. The first-order valence-corrected chi connectivity index (χ1v) is 14.7. The molecule has 0 heterocycles. The zero-order valence-corrected chi connectivity index (χ0v) is 24.5. The minimum atomic E-state index is -4.08. The van der Waals surface area contributed by atoms with Crippen molar-refractivity contribution in [2.45, 2.75) is 71.5 Å². The summed E-state index contributed by atoms with van der Waals surface area (Å²) in [4.78, 5) is 28.7. The van der Waals surface area contributed by atoms with Crippen molar-refractivity contribution in [3.05, 3.63) is 95.1 Å². The Morgan fingerprint density at radius 3 is 2.10 bits per heavy atom. The third kappa shape index (κ3) is 7.26. The maximum atomic E-state index is 14.0. The third-order valence-electron chi connectivity index (χ3n) is 7.16. The first kappa shape index (κ1) is 29.9. The average Bonchev–Trinajstić information content (AvgIpc) is 2.92. The Bertz CT molecular complexity index is 1410. The number of carbonyl (C=O) groups excluding carboxylic acids is 2. The zero-order chi connectivity index (χ0) is 28.7. The molecule has 3 aromatic carbocycles. The lowest BCUT2D eigenvalue weighted by atomic mass is 10.1. The summed E-state index contributed by atoms with van der Waals surface area (Å²) in [5.41, 5.74) is 4.18. The van der Waals surface area contributed by atoms with E-state index in [0.717, 1.165) is 33.0 Å². The molecule has 2 atom stereocenters. The lowest BCUT2D eigenvalue weighted by molar-refractivity contribution is -0.139. The first-order valence-electron chi connectivity index (χ1n) is 13.2. The van der Waals surface area contributed by atoms with Gasteiger partial charge in [0.05, 0.1) is 10.6 Å². The van der Waals surface area contributed by atoms with Crippen LogP contribution in [-0.4, -0.2) is 43.8 Å². The minimum absolute atomic E-state index is 0.0548. The molecule has 0 aromatic heterocycles. The van der Waals surface area contributed by atoms with E-state index in [1.54, 1.807) is 37.3 Å². The standard InChI is InChI=1S/C31H39N3O4S/c1-7-25(5)32-31(36)26(6)33(20-27-14-12-11-13-23(27)3)30(35)21-34(28-18-17-22(2)24(4)19-28)39(37,38)29-15-9-8-10-16-29/h8-19,25-26H,7,20-21H2,1-6H3,(H,32,36). The predicted molar refractivity (Wildman–Crippen MR) is 156 cm³/mol. The lowest BCUT2D eigenvalue weighted by Crippen LogP contribution is -2.52. The predicted octanol–water partition coefficient (Wildman–Crippen LogP) is 5.14. The quantitative estimate of drug-likeness (QED) is 0.359. The maximum Gasteiger partial charge on any atom is 0.264 e. The van der Waals surface area contributed by atoms with Crippen LogP contribution in [0.5, 0.6) is 0 Å². The van der Waals surface area contributed by atoms with Gasteiger partial charge in [-0.1, -0.05) is 55.5 Å². The topological polar surface area (TPSA) is 86.8 Å². The summed E-state index contributed by atoms with van der Waals surface area (Å²) < 4.78 is 28.9. The van der Waals surface area contributed by atoms with Crippen molar-refractivity contribution in [1.82, 2.24) is 10.2 Å². The molecule has 8 heteroatoms. The molecular weight excluding hydrogens is 510 g/mol. The second-order valence-corrected chi connectivity index (χ2v) is 11.9. The Morgan fingerprint density at radius 2 is 1.49 bits per heavy atom. The van der Waals surface area contributed by atoms with Crippen LogP contribution in [0.25, 0.3) is 0 Å². The Balaban J connectivity index is 2.05. The molecular formula is C31H39N3O4S. The fraction of sp³-hybridized carbons (Fsp3) is 0.355. The van der Waals surface area contributed by atoms with E-state index < -0.39 is 28.5 Å². The number of sulfonamides is 1. The van der Waals surface area contributed by atoms with E-state index in [1.165, 1.54) is 17.0 Å². The van der Waals surface area contributed by atoms with Crippen molar-refractivity contribution in [2.75, 3.05) is 10.8 Å². The molecule has 208 valence electrons. The van der Waals surface area contributed by atoms with Gasteiger partial charge in [0.25, 0.3) is 10.0 Å². The highest BCUT2D eigenvalue weighted by Gasteiger charge is 2.33. The van der Waals surface area contributed by atoms with Gasteiger partial charge in [0.1, 0.15) is 12.6 Å². The number of anilines is 1. The van der Waals surface area contributed by atoms with E-state index in [0.29, 0.717) is 5.69 Å². The Kier molecular flexibility index (Phi) is 9.92. The summed E-state index contributed by atoms with van der Waals surface area (Å²) in [5, 5.41) is 2.96. The molecule has 0 saturated heterocycles. The van der Waals surface area contributed by atoms with E-state index in [4.69, 9.17) is 0 Å². The number of carbonyl (C=O) groups is 2. The largest absolute Gasteiger partial charge is 0.352 e. The second kappa shape index (κ2) is 12.9. The first-order chi connectivity index (χ1) is 18.4. The maximum absolute atomic E-state index is 14.0. The molecule has 0 radical (unpaired) electrons. The van der Waals surface area contributed by atoms with Crippen molar-refractivity contribution in [3.63, 3.8) is 0 Å². The van der Waals surface area contributed by atoms with Gasteiger partial charge in [-0.2, -0.15) is 0 Å². The summed E-state index contributed by atoms with van der Waals surface area (Å²) >= 11 is 0. The molecule has 3 aromatic rings. The molecule has 0 aliphatic heterocycles. The highest BCUT2D eigenvalue weighted by Crippen LogP contribution is 2.26. The van der Waals surface area contributed by atoms with Gasteiger partial charge in [0.2, 0.25) is 11.8 Å². The van der Waals surface area contributed by atoms with Crippen LogP contribution in [0.3, 0.4) is 0 Å². The SMILES string of the molecule is CCC(C)NC(=O)C(C)N(Cc1ccccc1C)C(=O)CN(c1ccc(C)c(C)c1)S(=O)(=O)c1ccccc1. The minimum Gasteiger partial charge on any atom is -0.352 e. The molecule has 0 saturated carbocycles. The van der Waals surface area contributed by atoms with Gasteiger partial charge in [-0.05, 0) is 87.6 Å². The number of nitrogens with one attached hydrogen (secondary N) is 1. The van der Waals surface area contributed by atoms with Gasteiger partial charge in [-0.25, -0.2) is 8.42 Å². The van der Waals surface area contributed by atoms with E-state index in [1.807, 2.05) is 65.0 Å². The molecule has 0 spiro atoms. The number of benzene rings is 3. The number of hydrogen-bond donors (Lipinski definition) is 1. The van der Waals surface area contributed by atoms with Crippen molar-refractivity contribution in [3.8, 4) is 0 Å². The highest BCUT2D eigenvalue weighted by molar-refractivity contribution is 7.92. The van der Waals surface area contributed by atoms with Crippen molar-refractivity contribution < 1.29 is 18.0 Å². The van der Waals surface area contributed by atoms with Crippen LogP contribution < -0.4 is 9.62 Å². The number of amides is 2. The second-order valence-electron chi connectivity index (χ2n) is 10.0. The molecule has 1 N–H and O–H groups in total. The van der Waals surface area contributed by atoms with Gasteiger partial charge in [-0.3, -0.25) is 13.9 Å². The fourth-order valence-corrected chi connectivity index (χ4v) is 5.58. The van der Waals surface area contributed by atoms with Gasteiger partial charge >= 0.3 is 0 Å². The molecule has 2 unspecified atom stereocenters. The van der Waals surface area contributed by atoms with Crippen molar-refractivity contribution in [1.29, 1.82) is 0 Å². The van der Waals surface area contributed by atoms with Gasteiger partial charge in [0, 0.05) is 12.6 Å². The van der Waals surface area contributed by atoms with Crippen LogP contribution in [-0.2, 0) is 26.2 Å². The summed E-state index contributed by atoms with van der Waals surface area (Å²) in [6.07, 6.45) is 0.750. The molecule has 0 aliphatic carbocycles. The summed E-state index contributed by atoms with van der Waals surface area (Å²) in [5.74, 6) is -0.752. The summed E-state index contributed by atoms with van der Waals surface area (Å²) in [6.45, 7) is 11.1. The fourth-order valence-electron chi connectivity index (χ4n) is 4.15. The number of nitrogens with zero attached hydrogens (tertiary/aromatic N) is 2. The smallest absolute Gasteiger partial charge is 0.264 e. The Morgan fingerprint density at radius 1 is 0.846 bits per heavy atom. The van der Waals surface area contributed by atoms with Crippen LogP contribution in [0.2, 0.25) is 0 Å². The molecule has 0 fully saturated rings. The van der Waals surface area contributed by atoms with Gasteiger partial charge in [-0.15, -0.1) is 0 Å². The normalized spacial score (nSPS) is 12.9. The highest BCUT2D eigenvalue weighted by atomic mass is 32.2. The Labute approximate surface area is 232 Å². The van der Waals surface area contributed by atoms with E-state index in [9.17, 15) is 18.0 Å². The summed E-state index contributed by atoms with van der Waals surface area (Å²) in [7, 11) is -4.08. The zero-order valence-electron chi connectivity index (χ0n) is 23.6. The molecule has 0 bridgehead atoms. The molecule has 2 amide bonds. The van der Waals surface area contributed by atoms with Crippen LogP contribution in [0.15, 0.2) is 77.7 Å². The van der Waals surface area contributed by atoms with Crippen molar-refractivity contribution in [2.24, 2.45) is 0 Å². The van der Waals surface area contributed by atoms with E-state index >= 15 is 0 Å². The Hall–Kier alpha value is -3.65. The molecule has 39 heavy (non-hydrogen) atoms. The monoisotopic (exact) mass is 549 g/mol. The average molecular weight is 550 g/mol. The van der Waals surface area contributed by atoms with Crippen LogP contribution in [0, 0.1) is 20.8 Å². The van der Waals surface area contributed by atoms with E-state index in [2.05, 4.69) is 5.32 Å². The van der Waals surface area contributed by atoms with Crippen LogP contribution >= 0.6 is 0 Å². The molecule has 3 rings (SSSR count). The number of hydrogen-bond acceptors (Lipinski definition) is 4. The molecule has 7 nitrogen and oxygen atoms in total. The van der Waals surface area contributed by atoms with Crippen LogP contribution in [0.1, 0.15) is 49.4 Å². The van der Waals surface area contributed by atoms with Crippen molar-refractivity contribution >= 4 is 27.5 Å².